The van der Waals surface area contributed by atoms with E-state index in [-0.39, 0.29) is 17.9 Å². The molecule has 2 fully saturated rings. The van der Waals surface area contributed by atoms with Gasteiger partial charge in [0.25, 0.3) is 5.91 Å². The van der Waals surface area contributed by atoms with Gasteiger partial charge in [-0.15, -0.1) is 0 Å². The summed E-state index contributed by atoms with van der Waals surface area (Å²) in [6.07, 6.45) is 6.12. The van der Waals surface area contributed by atoms with Crippen molar-refractivity contribution < 1.29 is 14.3 Å². The second-order valence-corrected chi connectivity index (χ2v) is 10.7. The first-order valence-corrected chi connectivity index (χ1v) is 14.1. The molecular weight excluding hydrogens is 472 g/mol. The van der Waals surface area contributed by atoms with Crippen molar-refractivity contribution >= 4 is 5.91 Å². The molecule has 3 aromatic carbocycles. The Hall–Kier alpha value is -3.15. The van der Waals surface area contributed by atoms with Gasteiger partial charge in [-0.3, -0.25) is 9.69 Å². The third-order valence-corrected chi connectivity index (χ3v) is 8.27. The predicted octanol–water partition coefficient (Wildman–Crippen LogP) is 6.08. The summed E-state index contributed by atoms with van der Waals surface area (Å²) in [6.45, 7) is 3.30. The van der Waals surface area contributed by atoms with Gasteiger partial charge in [0.2, 0.25) is 0 Å². The molecule has 0 bridgehead atoms. The summed E-state index contributed by atoms with van der Waals surface area (Å²) in [5.41, 5.74) is 2.30. The smallest absolute Gasteiger partial charge is 0.257 e. The number of likely N-dealkylation sites (tertiary alicyclic amines) is 1. The molecule has 1 saturated carbocycles. The molecule has 1 saturated heterocycles. The Morgan fingerprint density at radius 1 is 0.842 bits per heavy atom. The Labute approximate surface area is 227 Å². The van der Waals surface area contributed by atoms with Crippen LogP contribution in [0, 0.1) is 5.92 Å². The maximum atomic E-state index is 14.4. The van der Waals surface area contributed by atoms with Gasteiger partial charge in [-0.1, -0.05) is 85.6 Å². The Bertz CT molecular complexity index is 1140. The van der Waals surface area contributed by atoms with Gasteiger partial charge in [-0.2, -0.15) is 0 Å². The van der Waals surface area contributed by atoms with Crippen LogP contribution >= 0.6 is 0 Å². The molecule has 3 aromatic rings. The molecule has 1 unspecified atom stereocenters. The zero-order valence-electron chi connectivity index (χ0n) is 22.5. The molecule has 0 spiro atoms. The van der Waals surface area contributed by atoms with Crippen molar-refractivity contribution in [2.45, 2.75) is 63.3 Å². The van der Waals surface area contributed by atoms with Crippen LogP contribution in [-0.4, -0.2) is 37.0 Å². The van der Waals surface area contributed by atoms with Gasteiger partial charge in [-0.25, -0.2) is 0 Å². The zero-order valence-corrected chi connectivity index (χ0v) is 22.5. The minimum Gasteiger partial charge on any atom is -0.497 e. The minimum absolute atomic E-state index is 0.00649. The Morgan fingerprint density at radius 3 is 2.05 bits per heavy atom. The molecule has 5 rings (SSSR count). The van der Waals surface area contributed by atoms with Crippen molar-refractivity contribution in [1.29, 1.82) is 0 Å². The fourth-order valence-corrected chi connectivity index (χ4v) is 6.13. The summed E-state index contributed by atoms with van der Waals surface area (Å²) in [5.74, 6) is 0.924. The Kier molecular flexibility index (Phi) is 8.77. The number of rotatable bonds is 10. The van der Waals surface area contributed by atoms with E-state index in [9.17, 15) is 4.79 Å². The Morgan fingerprint density at radius 2 is 1.45 bits per heavy atom. The number of methoxy groups -OCH3 is 1. The fraction of sp³-hybridized carbons (Fsp3) is 0.424. The van der Waals surface area contributed by atoms with Crippen LogP contribution in [0.15, 0.2) is 84.9 Å². The summed E-state index contributed by atoms with van der Waals surface area (Å²) in [5, 5.41) is 3.46. The zero-order chi connectivity index (χ0) is 26.2. The fourth-order valence-electron chi connectivity index (χ4n) is 6.13. The maximum Gasteiger partial charge on any atom is 0.257 e. The van der Waals surface area contributed by atoms with Gasteiger partial charge < -0.3 is 14.8 Å². The van der Waals surface area contributed by atoms with Crippen LogP contribution in [0.1, 0.15) is 55.2 Å². The number of piperidine rings is 1. The van der Waals surface area contributed by atoms with Gasteiger partial charge in [0.05, 0.1) is 13.7 Å². The largest absolute Gasteiger partial charge is 0.497 e. The van der Waals surface area contributed by atoms with Gasteiger partial charge in [0.1, 0.15) is 5.75 Å². The molecule has 2 aliphatic rings. The molecule has 1 atom stereocenters. The maximum absolute atomic E-state index is 14.4. The predicted molar refractivity (Wildman–Crippen MR) is 151 cm³/mol. The van der Waals surface area contributed by atoms with Crippen molar-refractivity contribution in [2.24, 2.45) is 5.92 Å². The molecule has 5 nitrogen and oxygen atoms in total. The first kappa shape index (κ1) is 26.5. The first-order valence-electron chi connectivity index (χ1n) is 14.1. The number of amides is 1. The average Bonchev–Trinajstić information content (AvgIpc) is 3.51. The molecule has 0 aromatic heterocycles. The third kappa shape index (κ3) is 6.11. The summed E-state index contributed by atoms with van der Waals surface area (Å²) < 4.78 is 12.2. The third-order valence-electron chi connectivity index (χ3n) is 8.27. The number of carbonyl (C=O) groups excluding carboxylic acids is 1. The number of nitrogens with zero attached hydrogens (tertiary/aromatic N) is 1. The number of carbonyl (C=O) groups is 1. The highest BCUT2D eigenvalue weighted by atomic mass is 16.5. The highest BCUT2D eigenvalue weighted by molar-refractivity contribution is 5.87. The highest BCUT2D eigenvalue weighted by Crippen LogP contribution is 2.45. The normalized spacial score (nSPS) is 18.7. The summed E-state index contributed by atoms with van der Waals surface area (Å²) >= 11 is 0. The van der Waals surface area contributed by atoms with Crippen LogP contribution in [0.25, 0.3) is 0 Å². The number of ether oxygens (including phenoxy) is 2. The lowest BCUT2D eigenvalue weighted by Gasteiger charge is -2.40. The van der Waals surface area contributed by atoms with E-state index in [1.54, 1.807) is 7.11 Å². The van der Waals surface area contributed by atoms with E-state index in [1.165, 1.54) is 5.56 Å². The SMILES string of the molecule is COc1ccc(C(OCc2ccccc2)(C(=O)NC2CCN(Cc3ccccc3)CC2)C2CCCC2)cc1. The van der Waals surface area contributed by atoms with Crippen molar-refractivity contribution in [3.8, 4) is 5.75 Å². The summed E-state index contributed by atoms with van der Waals surface area (Å²) in [4.78, 5) is 16.9. The molecule has 1 amide bonds. The van der Waals surface area contributed by atoms with E-state index < -0.39 is 5.60 Å². The second kappa shape index (κ2) is 12.6. The van der Waals surface area contributed by atoms with E-state index in [0.29, 0.717) is 6.61 Å². The molecule has 1 aliphatic carbocycles. The molecule has 200 valence electrons. The number of nitrogens with one attached hydrogen (secondary N) is 1. The van der Waals surface area contributed by atoms with Gasteiger partial charge in [0.15, 0.2) is 5.60 Å². The van der Waals surface area contributed by atoms with Crippen molar-refractivity contribution in [3.05, 3.63) is 102 Å². The first-order chi connectivity index (χ1) is 18.7. The van der Waals surface area contributed by atoms with E-state index in [4.69, 9.17) is 9.47 Å². The molecular formula is C33H40N2O3. The lowest BCUT2D eigenvalue weighted by molar-refractivity contribution is -0.162. The lowest BCUT2D eigenvalue weighted by atomic mass is 9.78. The molecule has 5 heteroatoms. The summed E-state index contributed by atoms with van der Waals surface area (Å²) in [6, 6.07) is 28.9. The van der Waals surface area contributed by atoms with E-state index in [0.717, 1.165) is 75.0 Å². The van der Waals surface area contributed by atoms with Gasteiger partial charge >= 0.3 is 0 Å². The number of hydrogen-bond acceptors (Lipinski definition) is 4. The quantitative estimate of drug-likeness (QED) is 0.358. The summed E-state index contributed by atoms with van der Waals surface area (Å²) in [7, 11) is 1.67. The van der Waals surface area contributed by atoms with Crippen LogP contribution in [0.2, 0.25) is 0 Å². The highest BCUT2D eigenvalue weighted by Gasteiger charge is 2.50. The number of hydrogen-bond donors (Lipinski definition) is 1. The van der Waals surface area contributed by atoms with E-state index in [1.807, 2.05) is 42.5 Å². The van der Waals surface area contributed by atoms with Gasteiger partial charge in [-0.05, 0) is 54.5 Å². The molecule has 0 radical (unpaired) electrons. The van der Waals surface area contributed by atoms with E-state index >= 15 is 0 Å². The van der Waals surface area contributed by atoms with Crippen molar-refractivity contribution in [1.82, 2.24) is 10.2 Å². The standard InChI is InChI=1S/C33H40N2O3/c1-37-31-18-16-29(17-19-31)33(28-14-8-9-15-28,38-25-27-12-6-3-7-13-27)32(36)34-30-20-22-35(23-21-30)24-26-10-4-2-5-11-26/h2-7,10-13,16-19,28,30H,8-9,14-15,20-25H2,1H3,(H,34,36). The monoisotopic (exact) mass is 512 g/mol. The van der Waals surface area contributed by atoms with Crippen LogP contribution in [-0.2, 0) is 28.3 Å². The second-order valence-electron chi connectivity index (χ2n) is 10.7. The van der Waals surface area contributed by atoms with Crippen LogP contribution in [0.4, 0.5) is 0 Å². The molecule has 1 aliphatic heterocycles. The lowest BCUT2D eigenvalue weighted by Crippen LogP contribution is -2.55. The van der Waals surface area contributed by atoms with E-state index in [2.05, 4.69) is 52.7 Å². The molecule has 1 N–H and O–H groups in total. The molecule has 38 heavy (non-hydrogen) atoms. The van der Waals surface area contributed by atoms with Crippen LogP contribution in [0.3, 0.4) is 0 Å². The van der Waals surface area contributed by atoms with Crippen LogP contribution < -0.4 is 10.1 Å². The molecule has 1 heterocycles. The average molecular weight is 513 g/mol. The van der Waals surface area contributed by atoms with Gasteiger partial charge in [0, 0.05) is 31.6 Å². The minimum atomic E-state index is -1.03. The number of benzene rings is 3. The van der Waals surface area contributed by atoms with Crippen LogP contribution in [0.5, 0.6) is 5.75 Å². The van der Waals surface area contributed by atoms with Crippen molar-refractivity contribution in [3.63, 3.8) is 0 Å². The van der Waals surface area contributed by atoms with Crippen molar-refractivity contribution in [2.75, 3.05) is 20.2 Å². The topological polar surface area (TPSA) is 50.8 Å². The Balaban J connectivity index is 1.35.